The van der Waals surface area contributed by atoms with Crippen LogP contribution in [0.2, 0.25) is 0 Å². The van der Waals surface area contributed by atoms with E-state index >= 15 is 0 Å². The van der Waals surface area contributed by atoms with Crippen molar-refractivity contribution >= 4 is 15.5 Å². The predicted molar refractivity (Wildman–Crippen MR) is 72.8 cm³/mol. The maximum absolute atomic E-state index is 11.7. The van der Waals surface area contributed by atoms with E-state index in [-0.39, 0.29) is 11.7 Å². The van der Waals surface area contributed by atoms with Crippen LogP contribution in [0.4, 0.5) is 0 Å². The van der Waals surface area contributed by atoms with Gasteiger partial charge in [-0.25, -0.2) is 8.42 Å². The molecule has 1 atom stereocenters. The monoisotopic (exact) mass is 279 g/mol. The Balaban J connectivity index is 1.87. The largest absolute Gasteiger partial charge is 0.286 e. The third-order valence-electron chi connectivity index (χ3n) is 3.65. The molecule has 3 heterocycles. The maximum atomic E-state index is 11.7. The van der Waals surface area contributed by atoms with Gasteiger partial charge in [0.25, 0.3) is 0 Å². The minimum absolute atomic E-state index is 0.173. The fraction of sp³-hybridized carbons (Fsp3) is 0.538. The molecule has 1 unspecified atom stereocenters. The normalized spacial score (nSPS) is 22.7. The molecular formula is C13H17N3O2S. The Bertz CT molecular complexity index is 706. The molecule has 1 fully saturated rings. The molecule has 1 saturated heterocycles. The van der Waals surface area contributed by atoms with E-state index < -0.39 is 9.84 Å². The average Bonchev–Trinajstić information content (AvgIpc) is 2.71. The molecule has 0 aliphatic carbocycles. The molecule has 1 aliphatic heterocycles. The van der Waals surface area contributed by atoms with Crippen LogP contribution in [0, 0.1) is 12.8 Å². The molecular weight excluding hydrogens is 262 g/mol. The number of rotatable bonds is 2. The standard InChI is InChI=1S/C13H17N3O2S/c1-10-4-5-12-14-15-13(16(12)8-10)7-11-3-2-6-19(17,18)9-11/h4-5,8,11H,2-3,6-7,9H2,1H3. The Morgan fingerprint density at radius 1 is 1.37 bits per heavy atom. The lowest BCUT2D eigenvalue weighted by molar-refractivity contribution is 0.474. The highest BCUT2D eigenvalue weighted by Crippen LogP contribution is 2.22. The van der Waals surface area contributed by atoms with Crippen LogP contribution >= 0.6 is 0 Å². The van der Waals surface area contributed by atoms with Gasteiger partial charge in [0.15, 0.2) is 15.5 Å². The van der Waals surface area contributed by atoms with Gasteiger partial charge in [0.1, 0.15) is 5.82 Å². The molecule has 19 heavy (non-hydrogen) atoms. The fourth-order valence-electron chi connectivity index (χ4n) is 2.72. The minimum atomic E-state index is -2.85. The van der Waals surface area contributed by atoms with Crippen LogP contribution in [0.1, 0.15) is 24.2 Å². The van der Waals surface area contributed by atoms with Crippen molar-refractivity contribution in [2.75, 3.05) is 11.5 Å². The number of sulfone groups is 1. The Hall–Kier alpha value is -1.43. The summed E-state index contributed by atoms with van der Waals surface area (Å²) < 4.78 is 25.3. The smallest absolute Gasteiger partial charge is 0.160 e. The Morgan fingerprint density at radius 2 is 2.21 bits per heavy atom. The first-order valence-corrected chi connectivity index (χ1v) is 8.36. The van der Waals surface area contributed by atoms with Crippen molar-refractivity contribution in [2.45, 2.75) is 26.2 Å². The molecule has 0 spiro atoms. The lowest BCUT2D eigenvalue weighted by Gasteiger charge is -2.20. The summed E-state index contributed by atoms with van der Waals surface area (Å²) in [5, 5.41) is 8.32. The van der Waals surface area contributed by atoms with Gasteiger partial charge in [0, 0.05) is 12.6 Å². The van der Waals surface area contributed by atoms with Gasteiger partial charge < -0.3 is 0 Å². The van der Waals surface area contributed by atoms with E-state index in [1.54, 1.807) is 0 Å². The van der Waals surface area contributed by atoms with Crippen molar-refractivity contribution in [3.8, 4) is 0 Å². The topological polar surface area (TPSA) is 64.3 Å². The van der Waals surface area contributed by atoms with Crippen molar-refractivity contribution in [2.24, 2.45) is 5.92 Å². The molecule has 0 amide bonds. The number of fused-ring (bicyclic) bond motifs is 1. The zero-order valence-electron chi connectivity index (χ0n) is 10.9. The van der Waals surface area contributed by atoms with Gasteiger partial charge in [-0.2, -0.15) is 0 Å². The molecule has 2 aromatic heterocycles. The quantitative estimate of drug-likeness (QED) is 0.833. The summed E-state index contributed by atoms with van der Waals surface area (Å²) in [6.07, 6.45) is 4.41. The van der Waals surface area contributed by atoms with Crippen LogP contribution in [-0.4, -0.2) is 34.5 Å². The zero-order chi connectivity index (χ0) is 13.5. The van der Waals surface area contributed by atoms with Crippen LogP contribution < -0.4 is 0 Å². The summed E-state index contributed by atoms with van der Waals surface area (Å²) in [6, 6.07) is 3.93. The first kappa shape index (κ1) is 12.6. The number of aryl methyl sites for hydroxylation is 1. The number of hydrogen-bond acceptors (Lipinski definition) is 4. The van der Waals surface area contributed by atoms with Gasteiger partial charge in [-0.05, 0) is 37.3 Å². The average molecular weight is 279 g/mol. The molecule has 0 N–H and O–H groups in total. The van der Waals surface area contributed by atoms with Gasteiger partial charge >= 0.3 is 0 Å². The summed E-state index contributed by atoms with van der Waals surface area (Å²) in [5.41, 5.74) is 1.96. The summed E-state index contributed by atoms with van der Waals surface area (Å²) in [6.45, 7) is 2.02. The third-order valence-corrected chi connectivity index (χ3v) is 5.54. The zero-order valence-corrected chi connectivity index (χ0v) is 11.7. The van der Waals surface area contributed by atoms with Gasteiger partial charge in [0.2, 0.25) is 0 Å². The molecule has 0 radical (unpaired) electrons. The Morgan fingerprint density at radius 3 is 3.00 bits per heavy atom. The second-order valence-electron chi connectivity index (χ2n) is 5.38. The summed E-state index contributed by atoms with van der Waals surface area (Å²) >= 11 is 0. The van der Waals surface area contributed by atoms with Crippen molar-refractivity contribution in [3.05, 3.63) is 29.7 Å². The second kappa shape index (κ2) is 4.59. The summed E-state index contributed by atoms with van der Waals surface area (Å²) in [7, 11) is -2.85. The molecule has 1 aliphatic rings. The molecule has 0 saturated carbocycles. The lowest BCUT2D eigenvalue weighted by Crippen LogP contribution is -2.27. The summed E-state index contributed by atoms with van der Waals surface area (Å²) in [5.74, 6) is 1.66. The first-order valence-electron chi connectivity index (χ1n) is 6.54. The van der Waals surface area contributed by atoms with Gasteiger partial charge in [-0.3, -0.25) is 4.40 Å². The second-order valence-corrected chi connectivity index (χ2v) is 7.61. The van der Waals surface area contributed by atoms with Crippen LogP contribution in [0.25, 0.3) is 5.65 Å². The van der Waals surface area contributed by atoms with Crippen LogP contribution in [0.3, 0.4) is 0 Å². The predicted octanol–water partition coefficient (Wildman–Crippen LogP) is 1.41. The third kappa shape index (κ3) is 2.63. The van der Waals surface area contributed by atoms with Crippen LogP contribution in [-0.2, 0) is 16.3 Å². The van der Waals surface area contributed by atoms with E-state index in [2.05, 4.69) is 10.2 Å². The van der Waals surface area contributed by atoms with E-state index in [0.717, 1.165) is 29.9 Å². The van der Waals surface area contributed by atoms with Crippen molar-refractivity contribution < 1.29 is 8.42 Å². The van der Waals surface area contributed by atoms with E-state index in [0.29, 0.717) is 12.2 Å². The van der Waals surface area contributed by atoms with Gasteiger partial charge in [-0.1, -0.05) is 6.07 Å². The molecule has 0 aromatic carbocycles. The van der Waals surface area contributed by atoms with Crippen LogP contribution in [0.15, 0.2) is 18.3 Å². The summed E-state index contributed by atoms with van der Waals surface area (Å²) in [4.78, 5) is 0. The SMILES string of the molecule is Cc1ccc2nnc(CC3CCCS(=O)(=O)C3)n2c1. The van der Waals surface area contributed by atoms with Crippen molar-refractivity contribution in [1.29, 1.82) is 0 Å². The molecule has 3 rings (SSSR count). The van der Waals surface area contributed by atoms with E-state index in [1.165, 1.54) is 0 Å². The molecule has 2 aromatic rings. The van der Waals surface area contributed by atoms with E-state index in [9.17, 15) is 8.42 Å². The van der Waals surface area contributed by atoms with Crippen molar-refractivity contribution in [1.82, 2.24) is 14.6 Å². The maximum Gasteiger partial charge on any atom is 0.160 e. The minimum Gasteiger partial charge on any atom is -0.286 e. The highest BCUT2D eigenvalue weighted by Gasteiger charge is 2.26. The molecule has 0 bridgehead atoms. The van der Waals surface area contributed by atoms with Gasteiger partial charge in [-0.15, -0.1) is 10.2 Å². The molecule has 6 heteroatoms. The van der Waals surface area contributed by atoms with Crippen LogP contribution in [0.5, 0.6) is 0 Å². The lowest BCUT2D eigenvalue weighted by atomic mass is 10.0. The highest BCUT2D eigenvalue weighted by molar-refractivity contribution is 7.91. The number of nitrogens with zero attached hydrogens (tertiary/aromatic N) is 3. The molecule has 5 nitrogen and oxygen atoms in total. The first-order chi connectivity index (χ1) is 9.03. The highest BCUT2D eigenvalue weighted by atomic mass is 32.2. The Labute approximate surface area is 112 Å². The fourth-order valence-corrected chi connectivity index (χ4v) is 4.50. The van der Waals surface area contributed by atoms with Crippen molar-refractivity contribution in [3.63, 3.8) is 0 Å². The van der Waals surface area contributed by atoms with Gasteiger partial charge in [0.05, 0.1) is 11.5 Å². The molecule has 102 valence electrons. The number of pyridine rings is 1. The number of hydrogen-bond donors (Lipinski definition) is 0. The number of aromatic nitrogens is 3. The van der Waals surface area contributed by atoms with E-state index in [4.69, 9.17) is 0 Å². The van der Waals surface area contributed by atoms with E-state index in [1.807, 2.05) is 29.7 Å². The Kier molecular flexibility index (Phi) is 3.05.